The van der Waals surface area contributed by atoms with Gasteiger partial charge in [-0.05, 0) is 50.8 Å². The van der Waals surface area contributed by atoms with Gasteiger partial charge in [0, 0.05) is 15.7 Å². The van der Waals surface area contributed by atoms with Gasteiger partial charge < -0.3 is 26.9 Å². The van der Waals surface area contributed by atoms with E-state index in [2.05, 4.69) is 33.0 Å². The Kier molecular flexibility index (Phi) is 15.1. The highest BCUT2D eigenvalue weighted by Crippen LogP contribution is 2.25. The molecular weight excluding hydrogens is 491 g/mol. The molecule has 1 aromatic carbocycles. The number of nitrogens with zero attached hydrogens (tertiary/aromatic N) is 1. The van der Waals surface area contributed by atoms with Crippen molar-refractivity contribution < 1.29 is 26.4 Å². The third kappa shape index (κ3) is 12.4. The van der Waals surface area contributed by atoms with Gasteiger partial charge in [-0.15, -0.1) is 0 Å². The van der Waals surface area contributed by atoms with Crippen LogP contribution < -0.4 is 17.7 Å². The lowest BCUT2D eigenvalue weighted by atomic mass is 10.0. The Labute approximate surface area is 224 Å². The number of amides is 1. The van der Waals surface area contributed by atoms with Crippen molar-refractivity contribution in [1.82, 2.24) is 0 Å². The Balaban J connectivity index is 0.00000578. The highest BCUT2D eigenvalue weighted by molar-refractivity contribution is 6.35. The van der Waals surface area contributed by atoms with E-state index in [1.165, 1.54) is 51.4 Å². The Bertz CT molecular complexity index is 700. The number of halogens is 3. The third-order valence-electron chi connectivity index (χ3n) is 6.54. The van der Waals surface area contributed by atoms with E-state index in [-0.39, 0.29) is 30.5 Å². The van der Waals surface area contributed by atoms with Crippen molar-refractivity contribution in [2.75, 3.05) is 31.5 Å². The Morgan fingerprint density at radius 3 is 1.97 bits per heavy atom. The molecule has 0 bridgehead atoms. The van der Waals surface area contributed by atoms with E-state index in [1.54, 1.807) is 18.2 Å². The summed E-state index contributed by atoms with van der Waals surface area (Å²) in [6, 6.07) is 5.15. The van der Waals surface area contributed by atoms with Gasteiger partial charge >= 0.3 is 0 Å². The van der Waals surface area contributed by atoms with E-state index in [0.29, 0.717) is 22.3 Å². The lowest BCUT2D eigenvalue weighted by Crippen LogP contribution is -3.00. The van der Waals surface area contributed by atoms with Crippen molar-refractivity contribution in [3.63, 3.8) is 0 Å². The van der Waals surface area contributed by atoms with Gasteiger partial charge in [0.05, 0.1) is 6.54 Å². The second-order valence-corrected chi connectivity index (χ2v) is 11.4. The summed E-state index contributed by atoms with van der Waals surface area (Å²) in [6.07, 6.45) is 12.2. The molecule has 2 unspecified atom stereocenters. The van der Waals surface area contributed by atoms with Crippen molar-refractivity contribution in [3.05, 3.63) is 28.2 Å². The first kappa shape index (κ1) is 31.5. The van der Waals surface area contributed by atoms with E-state index in [1.807, 2.05) is 0 Å². The number of unbranched alkanes of at least 4 members (excludes halogenated alkanes) is 7. The van der Waals surface area contributed by atoms with E-state index in [0.717, 1.165) is 36.5 Å². The molecule has 196 valence electrons. The van der Waals surface area contributed by atoms with Crippen LogP contribution in [-0.4, -0.2) is 48.8 Å². The number of benzene rings is 1. The maximum Gasteiger partial charge on any atom is 0.279 e. The van der Waals surface area contributed by atoms with Gasteiger partial charge in [-0.2, -0.15) is 0 Å². The molecule has 0 aromatic heterocycles. The molecule has 2 atom stereocenters. The van der Waals surface area contributed by atoms with Gasteiger partial charge in [0.25, 0.3) is 5.91 Å². The van der Waals surface area contributed by atoms with Crippen molar-refractivity contribution in [1.29, 1.82) is 0 Å². The number of rotatable bonds is 14. The summed E-state index contributed by atoms with van der Waals surface area (Å²) in [4.78, 5) is 13.0. The molecule has 4 nitrogen and oxygen atoms in total. The molecule has 1 aromatic rings. The van der Waals surface area contributed by atoms with E-state index < -0.39 is 0 Å². The van der Waals surface area contributed by atoms with Gasteiger partial charge in [0.2, 0.25) is 0 Å². The number of carbonyl (C=O) groups excluding carboxylic acids is 1. The predicted octanol–water partition coefficient (Wildman–Crippen LogP) is 4.73. The molecule has 1 N–H and O–H groups in total. The maximum absolute atomic E-state index is 13.0. The van der Waals surface area contributed by atoms with Crippen molar-refractivity contribution in [2.24, 2.45) is 5.92 Å². The second-order valence-electron chi connectivity index (χ2n) is 10.6. The monoisotopic (exact) mass is 534 g/mol. The van der Waals surface area contributed by atoms with E-state index >= 15 is 0 Å². The van der Waals surface area contributed by atoms with Gasteiger partial charge in [-0.3, -0.25) is 4.79 Å². The van der Waals surface area contributed by atoms with Gasteiger partial charge in [0.1, 0.15) is 25.3 Å². The minimum absolute atomic E-state index is 0. The molecule has 1 amide bonds. The fourth-order valence-electron chi connectivity index (χ4n) is 5.23. The van der Waals surface area contributed by atoms with Crippen LogP contribution in [0.5, 0.6) is 0 Å². The Morgan fingerprint density at radius 1 is 0.941 bits per heavy atom. The van der Waals surface area contributed by atoms with Crippen LogP contribution in [0.4, 0.5) is 5.69 Å². The first-order valence-electron chi connectivity index (χ1n) is 12.9. The van der Waals surface area contributed by atoms with Crippen LogP contribution in [0, 0.1) is 5.92 Å². The standard InChI is InChI=1S/C27H44Cl2N2O2.ClH/c1-21(2)13-11-9-7-5-6-8-10-12-14-31(18-22(3)33-23(4)19-31)20-27(32)30-26-16-24(28)15-25(29)17-26;/h15-17,21-23H,5-14,18-20H2,1-4H3;1H. The summed E-state index contributed by atoms with van der Waals surface area (Å²) in [5.74, 6) is 0.840. The topological polar surface area (TPSA) is 38.3 Å². The SMILES string of the molecule is CC(C)CCCCCCCCCC[N+]1(CC(=O)Nc2cc(Cl)cc(Cl)c2)CC(C)OC(C)C1.[Cl-]. The van der Waals surface area contributed by atoms with Gasteiger partial charge in [-0.25, -0.2) is 0 Å². The number of hydrogen-bond donors (Lipinski definition) is 1. The van der Waals surface area contributed by atoms with Crippen molar-refractivity contribution in [3.8, 4) is 0 Å². The molecule has 34 heavy (non-hydrogen) atoms. The minimum atomic E-state index is 0. The van der Waals surface area contributed by atoms with Crippen LogP contribution in [0.25, 0.3) is 0 Å². The summed E-state index contributed by atoms with van der Waals surface area (Å²) in [7, 11) is 0. The maximum atomic E-state index is 13.0. The summed E-state index contributed by atoms with van der Waals surface area (Å²) in [5, 5.41) is 4.05. The molecule has 0 spiro atoms. The lowest BCUT2D eigenvalue weighted by Gasteiger charge is -2.45. The fraction of sp³-hybridized carbons (Fsp3) is 0.741. The average molecular weight is 536 g/mol. The predicted molar refractivity (Wildman–Crippen MR) is 141 cm³/mol. The van der Waals surface area contributed by atoms with Crippen LogP contribution in [0.15, 0.2) is 18.2 Å². The molecule has 0 radical (unpaired) electrons. The largest absolute Gasteiger partial charge is 1.00 e. The van der Waals surface area contributed by atoms with Crippen LogP contribution in [0.2, 0.25) is 10.0 Å². The van der Waals surface area contributed by atoms with Crippen LogP contribution in [0.1, 0.15) is 85.5 Å². The molecule has 1 saturated heterocycles. The van der Waals surface area contributed by atoms with Crippen LogP contribution in [-0.2, 0) is 9.53 Å². The number of hydrogen-bond acceptors (Lipinski definition) is 2. The number of anilines is 1. The highest BCUT2D eigenvalue weighted by Gasteiger charge is 2.38. The van der Waals surface area contributed by atoms with E-state index in [9.17, 15) is 4.79 Å². The number of morpholine rings is 1. The molecule has 1 fully saturated rings. The fourth-order valence-corrected chi connectivity index (χ4v) is 5.76. The summed E-state index contributed by atoms with van der Waals surface area (Å²) in [6.45, 7) is 12.1. The summed E-state index contributed by atoms with van der Waals surface area (Å²) >= 11 is 12.2. The second kappa shape index (κ2) is 16.3. The zero-order chi connectivity index (χ0) is 24.3. The van der Waals surface area contributed by atoms with Crippen molar-refractivity contribution >= 4 is 34.8 Å². The number of quaternary nitrogens is 1. The number of carbonyl (C=O) groups is 1. The molecular formula is C27H45Cl3N2O2. The van der Waals surface area contributed by atoms with Gasteiger partial charge in [-0.1, -0.05) is 82.0 Å². The van der Waals surface area contributed by atoms with Crippen molar-refractivity contribution in [2.45, 2.75) is 97.7 Å². The van der Waals surface area contributed by atoms with Crippen LogP contribution >= 0.6 is 23.2 Å². The molecule has 1 aliphatic heterocycles. The quantitative estimate of drug-likeness (QED) is 0.276. The zero-order valence-corrected chi connectivity index (χ0v) is 23.8. The van der Waals surface area contributed by atoms with E-state index in [4.69, 9.17) is 27.9 Å². The first-order chi connectivity index (χ1) is 15.7. The molecule has 7 heteroatoms. The Hall–Kier alpha value is -0.520. The molecule has 1 aliphatic rings. The summed E-state index contributed by atoms with van der Waals surface area (Å²) < 4.78 is 6.79. The van der Waals surface area contributed by atoms with Gasteiger partial charge in [0.15, 0.2) is 6.54 Å². The number of ether oxygens (including phenoxy) is 1. The third-order valence-corrected chi connectivity index (χ3v) is 6.98. The number of nitrogens with one attached hydrogen (secondary N) is 1. The Morgan fingerprint density at radius 2 is 1.44 bits per heavy atom. The smallest absolute Gasteiger partial charge is 0.279 e. The molecule has 0 aliphatic carbocycles. The lowest BCUT2D eigenvalue weighted by molar-refractivity contribution is -0.934. The summed E-state index contributed by atoms with van der Waals surface area (Å²) in [5.41, 5.74) is 0.651. The normalized spacial score (nSPS) is 22.4. The molecule has 1 heterocycles. The minimum Gasteiger partial charge on any atom is -1.00 e. The zero-order valence-electron chi connectivity index (χ0n) is 21.6. The highest BCUT2D eigenvalue weighted by atomic mass is 35.5. The first-order valence-corrected chi connectivity index (χ1v) is 13.7. The average Bonchev–Trinajstić information content (AvgIpc) is 2.67. The van der Waals surface area contributed by atoms with Crippen LogP contribution in [0.3, 0.4) is 0 Å². The molecule has 2 rings (SSSR count). The molecule has 0 saturated carbocycles.